The standard InChI is InChI=1S/C19H19N3O3/c1-25-16-4-2-13(3-5-16)10-22-18-8-14(21-11-15(23)12-21)9-20-17(18)6-7-19(22)24/h2-9,15,23H,10-12H2,1H3. The highest BCUT2D eigenvalue weighted by molar-refractivity contribution is 5.78. The predicted molar refractivity (Wildman–Crippen MR) is 96.3 cm³/mol. The molecule has 6 nitrogen and oxygen atoms in total. The zero-order valence-electron chi connectivity index (χ0n) is 13.9. The smallest absolute Gasteiger partial charge is 0.251 e. The van der Waals surface area contributed by atoms with Gasteiger partial charge in [-0.2, -0.15) is 0 Å². The van der Waals surface area contributed by atoms with E-state index in [2.05, 4.69) is 4.98 Å². The number of methoxy groups -OCH3 is 1. The Balaban J connectivity index is 1.74. The minimum atomic E-state index is -0.284. The Morgan fingerprint density at radius 2 is 1.96 bits per heavy atom. The lowest BCUT2D eigenvalue weighted by molar-refractivity contribution is 0.142. The Labute approximate surface area is 144 Å². The summed E-state index contributed by atoms with van der Waals surface area (Å²) in [6, 6.07) is 12.9. The number of hydrogen-bond acceptors (Lipinski definition) is 5. The predicted octanol–water partition coefficient (Wildman–Crippen LogP) is 1.63. The molecule has 3 heterocycles. The second kappa shape index (κ2) is 6.22. The molecule has 6 heteroatoms. The largest absolute Gasteiger partial charge is 0.497 e. The Morgan fingerprint density at radius 1 is 1.20 bits per heavy atom. The van der Waals surface area contributed by atoms with E-state index in [-0.39, 0.29) is 11.7 Å². The lowest BCUT2D eigenvalue weighted by atomic mass is 10.1. The first-order chi connectivity index (χ1) is 12.1. The number of benzene rings is 1. The molecule has 1 fully saturated rings. The molecular weight excluding hydrogens is 318 g/mol. The van der Waals surface area contributed by atoms with E-state index in [1.54, 1.807) is 30.0 Å². The number of hydrogen-bond donors (Lipinski definition) is 1. The zero-order valence-corrected chi connectivity index (χ0v) is 13.9. The third-order valence-electron chi connectivity index (χ3n) is 4.55. The number of nitrogens with zero attached hydrogens (tertiary/aromatic N) is 3. The van der Waals surface area contributed by atoms with E-state index in [4.69, 9.17) is 4.74 Å². The number of anilines is 1. The first-order valence-electron chi connectivity index (χ1n) is 8.19. The summed E-state index contributed by atoms with van der Waals surface area (Å²) in [4.78, 5) is 19.0. The molecular formula is C19H19N3O3. The summed E-state index contributed by atoms with van der Waals surface area (Å²) in [6.45, 7) is 1.67. The molecule has 0 aliphatic carbocycles. The van der Waals surface area contributed by atoms with Gasteiger partial charge in [-0.1, -0.05) is 12.1 Å². The highest BCUT2D eigenvalue weighted by atomic mass is 16.5. The minimum Gasteiger partial charge on any atom is -0.497 e. The summed E-state index contributed by atoms with van der Waals surface area (Å²) in [6.07, 6.45) is 1.50. The van der Waals surface area contributed by atoms with Crippen molar-refractivity contribution in [2.24, 2.45) is 0 Å². The topological polar surface area (TPSA) is 67.6 Å². The first-order valence-corrected chi connectivity index (χ1v) is 8.19. The first kappa shape index (κ1) is 15.7. The van der Waals surface area contributed by atoms with Crippen LogP contribution in [0.5, 0.6) is 5.75 Å². The molecule has 0 atom stereocenters. The van der Waals surface area contributed by atoms with Crippen molar-refractivity contribution in [1.82, 2.24) is 9.55 Å². The summed E-state index contributed by atoms with van der Waals surface area (Å²) in [7, 11) is 1.63. The van der Waals surface area contributed by atoms with Crippen LogP contribution in [0.15, 0.2) is 53.5 Å². The molecule has 0 unspecified atom stereocenters. The van der Waals surface area contributed by atoms with Gasteiger partial charge in [0.25, 0.3) is 5.56 Å². The van der Waals surface area contributed by atoms with Gasteiger partial charge >= 0.3 is 0 Å². The van der Waals surface area contributed by atoms with Gasteiger partial charge in [-0.3, -0.25) is 9.78 Å². The fraction of sp³-hybridized carbons (Fsp3) is 0.263. The number of β-amino-alcohol motifs (C(OH)–C–C–N with tert-alkyl or cyclic N) is 1. The fourth-order valence-electron chi connectivity index (χ4n) is 3.07. The fourth-order valence-corrected chi connectivity index (χ4v) is 3.07. The maximum Gasteiger partial charge on any atom is 0.251 e. The van der Waals surface area contributed by atoms with Crippen LogP contribution in [0.25, 0.3) is 11.0 Å². The number of rotatable bonds is 4. The average molecular weight is 337 g/mol. The molecule has 0 saturated carbocycles. The summed E-state index contributed by atoms with van der Waals surface area (Å²) in [5, 5.41) is 9.50. The summed E-state index contributed by atoms with van der Waals surface area (Å²) >= 11 is 0. The molecule has 0 spiro atoms. The van der Waals surface area contributed by atoms with Crippen LogP contribution in [0.1, 0.15) is 5.56 Å². The van der Waals surface area contributed by atoms with Crippen molar-refractivity contribution in [3.63, 3.8) is 0 Å². The van der Waals surface area contributed by atoms with Crippen LogP contribution in [0.3, 0.4) is 0 Å². The summed E-state index contributed by atoms with van der Waals surface area (Å²) in [5.74, 6) is 0.786. The van der Waals surface area contributed by atoms with Crippen LogP contribution in [0.4, 0.5) is 5.69 Å². The molecule has 0 amide bonds. The highest BCUT2D eigenvalue weighted by Gasteiger charge is 2.25. The van der Waals surface area contributed by atoms with E-state index >= 15 is 0 Å². The van der Waals surface area contributed by atoms with Gasteiger partial charge in [-0.15, -0.1) is 0 Å². The van der Waals surface area contributed by atoms with Crippen LogP contribution in [0, 0.1) is 0 Å². The third-order valence-corrected chi connectivity index (χ3v) is 4.55. The number of pyridine rings is 2. The molecule has 1 aliphatic rings. The molecule has 25 heavy (non-hydrogen) atoms. The normalized spacial score (nSPS) is 14.6. The lowest BCUT2D eigenvalue weighted by Gasteiger charge is -2.37. The van der Waals surface area contributed by atoms with Crippen molar-refractivity contribution in [2.75, 3.05) is 25.1 Å². The summed E-state index contributed by atoms with van der Waals surface area (Å²) < 4.78 is 6.90. The van der Waals surface area contributed by atoms with Crippen LogP contribution in [-0.4, -0.2) is 41.0 Å². The van der Waals surface area contributed by atoms with Crippen LogP contribution < -0.4 is 15.2 Å². The van der Waals surface area contributed by atoms with Gasteiger partial charge in [-0.25, -0.2) is 0 Å². The van der Waals surface area contributed by atoms with E-state index < -0.39 is 0 Å². The third kappa shape index (κ3) is 2.96. The van der Waals surface area contributed by atoms with Crippen molar-refractivity contribution in [2.45, 2.75) is 12.6 Å². The van der Waals surface area contributed by atoms with Crippen LogP contribution >= 0.6 is 0 Å². The van der Waals surface area contributed by atoms with Gasteiger partial charge in [0.05, 0.1) is 42.7 Å². The molecule has 1 aliphatic heterocycles. The second-order valence-corrected chi connectivity index (χ2v) is 6.26. The van der Waals surface area contributed by atoms with Gasteiger partial charge < -0.3 is 19.3 Å². The highest BCUT2D eigenvalue weighted by Crippen LogP contribution is 2.24. The maximum absolute atomic E-state index is 12.4. The number of aliphatic hydroxyl groups excluding tert-OH is 1. The second-order valence-electron chi connectivity index (χ2n) is 6.26. The Bertz CT molecular complexity index is 960. The Kier molecular flexibility index (Phi) is 3.89. The molecule has 128 valence electrons. The van der Waals surface area contributed by atoms with E-state index in [0.717, 1.165) is 28.0 Å². The minimum absolute atomic E-state index is 0.0640. The van der Waals surface area contributed by atoms with E-state index in [0.29, 0.717) is 19.6 Å². The van der Waals surface area contributed by atoms with Gasteiger partial charge in [-0.05, 0) is 29.8 Å². The van der Waals surface area contributed by atoms with Gasteiger partial charge in [0.2, 0.25) is 0 Å². The van der Waals surface area contributed by atoms with E-state index in [9.17, 15) is 9.90 Å². The SMILES string of the molecule is COc1ccc(Cn2c(=O)ccc3ncc(N4CC(O)C4)cc32)cc1. The number of fused-ring (bicyclic) bond motifs is 1. The number of aromatic nitrogens is 2. The monoisotopic (exact) mass is 337 g/mol. The van der Waals surface area contributed by atoms with Crippen molar-refractivity contribution in [3.8, 4) is 5.75 Å². The van der Waals surface area contributed by atoms with Gasteiger partial charge in [0.1, 0.15) is 5.75 Å². The lowest BCUT2D eigenvalue weighted by Crippen LogP contribution is -2.50. The molecule has 0 radical (unpaired) electrons. The Morgan fingerprint density at radius 3 is 2.64 bits per heavy atom. The van der Waals surface area contributed by atoms with Crippen LogP contribution in [-0.2, 0) is 6.54 Å². The van der Waals surface area contributed by atoms with Gasteiger partial charge in [0.15, 0.2) is 0 Å². The van der Waals surface area contributed by atoms with Crippen LogP contribution in [0.2, 0.25) is 0 Å². The quantitative estimate of drug-likeness (QED) is 0.784. The number of aliphatic hydroxyl groups is 1. The molecule has 3 aromatic rings. The summed E-state index contributed by atoms with van der Waals surface area (Å²) in [5.41, 5.74) is 3.44. The Hall–Kier alpha value is -2.86. The van der Waals surface area contributed by atoms with Gasteiger partial charge in [0, 0.05) is 19.2 Å². The molecule has 1 saturated heterocycles. The molecule has 1 N–H and O–H groups in total. The van der Waals surface area contributed by atoms with Crippen molar-refractivity contribution < 1.29 is 9.84 Å². The number of ether oxygens (including phenoxy) is 1. The van der Waals surface area contributed by atoms with E-state index in [1.165, 1.54) is 0 Å². The van der Waals surface area contributed by atoms with Crippen molar-refractivity contribution in [1.29, 1.82) is 0 Å². The van der Waals surface area contributed by atoms with Crippen molar-refractivity contribution in [3.05, 3.63) is 64.6 Å². The van der Waals surface area contributed by atoms with Crippen molar-refractivity contribution >= 4 is 16.7 Å². The molecule has 2 aromatic heterocycles. The molecule has 0 bridgehead atoms. The molecule has 4 rings (SSSR count). The maximum atomic E-state index is 12.4. The van der Waals surface area contributed by atoms with E-state index in [1.807, 2.05) is 35.2 Å². The zero-order chi connectivity index (χ0) is 17.4. The average Bonchev–Trinajstić information content (AvgIpc) is 2.62. The molecule has 1 aromatic carbocycles.